The van der Waals surface area contributed by atoms with Gasteiger partial charge in [-0.1, -0.05) is 0 Å². The lowest BCUT2D eigenvalue weighted by atomic mass is 9.99. The monoisotopic (exact) mass is 175 g/mol. The first-order valence-corrected chi connectivity index (χ1v) is 4.25. The Labute approximate surface area is 71.3 Å². The van der Waals surface area contributed by atoms with Crippen molar-refractivity contribution in [2.75, 3.05) is 19.7 Å². The number of carbonyl (C=O) groups excluding carboxylic acids is 1. The Kier molecular flexibility index (Phi) is 3.47. The van der Waals surface area contributed by atoms with Crippen LogP contribution < -0.4 is 5.32 Å². The van der Waals surface area contributed by atoms with E-state index in [4.69, 9.17) is 4.74 Å². The van der Waals surface area contributed by atoms with Crippen molar-refractivity contribution in [3.8, 4) is 0 Å². The molecule has 1 fully saturated rings. The zero-order chi connectivity index (χ0) is 8.97. The molecule has 1 saturated heterocycles. The van der Waals surface area contributed by atoms with Crippen molar-refractivity contribution in [3.05, 3.63) is 0 Å². The zero-order valence-corrected chi connectivity index (χ0v) is 7.18. The van der Waals surface area contributed by atoms with Crippen molar-refractivity contribution in [1.82, 2.24) is 5.32 Å². The smallest absolute Gasteiger partial charge is 0.310 e. The molecule has 1 aliphatic heterocycles. The van der Waals surface area contributed by atoms with E-state index in [1.54, 1.807) is 6.92 Å². The molecule has 2 unspecified atom stereocenters. The van der Waals surface area contributed by atoms with Crippen LogP contribution in [0.15, 0.2) is 0 Å². The maximum absolute atomic E-state index is 12.8. The highest BCUT2D eigenvalue weighted by Crippen LogP contribution is 2.14. The van der Waals surface area contributed by atoms with E-state index in [0.717, 1.165) is 0 Å². The van der Waals surface area contributed by atoms with Crippen LogP contribution in [0.2, 0.25) is 0 Å². The molecule has 0 bridgehead atoms. The molecular formula is C8H14FNO2. The number of rotatable bonds is 2. The van der Waals surface area contributed by atoms with Crippen LogP contribution in [0.1, 0.15) is 13.3 Å². The van der Waals surface area contributed by atoms with E-state index < -0.39 is 6.17 Å². The number of alkyl halides is 1. The van der Waals surface area contributed by atoms with E-state index in [-0.39, 0.29) is 11.9 Å². The number of nitrogens with one attached hydrogen (secondary N) is 1. The Bertz CT molecular complexity index is 163. The Morgan fingerprint density at radius 2 is 2.42 bits per heavy atom. The van der Waals surface area contributed by atoms with Crippen LogP contribution in [-0.2, 0) is 9.53 Å². The van der Waals surface area contributed by atoms with Crippen LogP contribution in [0.5, 0.6) is 0 Å². The summed E-state index contributed by atoms with van der Waals surface area (Å²) in [6.07, 6.45) is -0.612. The van der Waals surface area contributed by atoms with Crippen LogP contribution in [0.25, 0.3) is 0 Å². The largest absolute Gasteiger partial charge is 0.466 e. The summed E-state index contributed by atoms with van der Waals surface area (Å²) in [5.74, 6) is -0.582. The van der Waals surface area contributed by atoms with E-state index in [9.17, 15) is 9.18 Å². The van der Waals surface area contributed by atoms with Gasteiger partial charge in [0.25, 0.3) is 0 Å². The molecule has 0 aromatic carbocycles. The molecule has 0 radical (unpaired) electrons. The van der Waals surface area contributed by atoms with Gasteiger partial charge in [-0.2, -0.15) is 0 Å². The zero-order valence-electron chi connectivity index (χ0n) is 7.18. The van der Waals surface area contributed by atoms with Gasteiger partial charge in [0.15, 0.2) is 0 Å². The summed E-state index contributed by atoms with van der Waals surface area (Å²) in [7, 11) is 0. The number of esters is 1. The lowest BCUT2D eigenvalue weighted by Crippen LogP contribution is -2.41. The third-order valence-corrected chi connectivity index (χ3v) is 1.92. The number of hydrogen-bond donors (Lipinski definition) is 1. The topological polar surface area (TPSA) is 38.3 Å². The second-order valence-corrected chi connectivity index (χ2v) is 2.94. The molecular weight excluding hydrogens is 161 g/mol. The van der Waals surface area contributed by atoms with Gasteiger partial charge in [0.1, 0.15) is 6.17 Å². The first-order chi connectivity index (χ1) is 5.74. The molecule has 12 heavy (non-hydrogen) atoms. The number of piperidine rings is 1. The average molecular weight is 175 g/mol. The summed E-state index contributed by atoms with van der Waals surface area (Å²) >= 11 is 0. The Morgan fingerprint density at radius 1 is 1.67 bits per heavy atom. The van der Waals surface area contributed by atoms with Crippen molar-refractivity contribution >= 4 is 5.97 Å². The third-order valence-electron chi connectivity index (χ3n) is 1.92. The molecule has 3 nitrogen and oxygen atoms in total. The molecule has 0 aliphatic carbocycles. The quantitative estimate of drug-likeness (QED) is 0.621. The molecule has 1 aliphatic rings. The van der Waals surface area contributed by atoms with E-state index in [0.29, 0.717) is 26.1 Å². The van der Waals surface area contributed by atoms with Gasteiger partial charge in [0.05, 0.1) is 12.5 Å². The Morgan fingerprint density at radius 3 is 3.00 bits per heavy atom. The fraction of sp³-hybridized carbons (Fsp3) is 0.875. The van der Waals surface area contributed by atoms with E-state index in [1.807, 2.05) is 0 Å². The third kappa shape index (κ3) is 2.44. The molecule has 1 N–H and O–H groups in total. The summed E-state index contributed by atoms with van der Waals surface area (Å²) in [4.78, 5) is 11.1. The molecule has 0 aromatic heterocycles. The van der Waals surface area contributed by atoms with Gasteiger partial charge in [-0.25, -0.2) is 4.39 Å². The number of halogens is 1. The van der Waals surface area contributed by atoms with Crippen molar-refractivity contribution < 1.29 is 13.9 Å². The molecule has 0 spiro atoms. The average Bonchev–Trinajstić information content (AvgIpc) is 2.05. The van der Waals surface area contributed by atoms with Gasteiger partial charge in [0.2, 0.25) is 0 Å². The predicted molar refractivity (Wildman–Crippen MR) is 42.5 cm³/mol. The van der Waals surface area contributed by atoms with Crippen molar-refractivity contribution in [1.29, 1.82) is 0 Å². The lowest BCUT2D eigenvalue weighted by Gasteiger charge is -2.23. The number of ether oxygens (including phenoxy) is 1. The minimum Gasteiger partial charge on any atom is -0.466 e. The summed E-state index contributed by atoms with van der Waals surface area (Å²) in [6.45, 7) is 3.02. The van der Waals surface area contributed by atoms with E-state index in [1.165, 1.54) is 0 Å². The minimum absolute atomic E-state index is 0.285. The fourth-order valence-electron chi connectivity index (χ4n) is 1.33. The first-order valence-electron chi connectivity index (χ1n) is 4.25. The van der Waals surface area contributed by atoms with Crippen molar-refractivity contribution in [2.24, 2.45) is 5.92 Å². The highest BCUT2D eigenvalue weighted by molar-refractivity contribution is 5.72. The molecule has 4 heteroatoms. The number of carbonyl (C=O) groups is 1. The normalized spacial score (nSPS) is 29.8. The van der Waals surface area contributed by atoms with Crippen LogP contribution in [0.4, 0.5) is 4.39 Å². The summed E-state index contributed by atoms with van der Waals surface area (Å²) in [6, 6.07) is 0. The molecule has 0 amide bonds. The molecule has 2 atom stereocenters. The van der Waals surface area contributed by atoms with Gasteiger partial charge in [0, 0.05) is 13.1 Å². The van der Waals surface area contributed by atoms with Crippen LogP contribution in [0.3, 0.4) is 0 Å². The van der Waals surface area contributed by atoms with Gasteiger partial charge in [-0.3, -0.25) is 4.79 Å². The maximum Gasteiger partial charge on any atom is 0.310 e. The second kappa shape index (κ2) is 4.40. The van der Waals surface area contributed by atoms with Crippen LogP contribution >= 0.6 is 0 Å². The predicted octanol–water partition coefficient (Wildman–Crippen LogP) is 0.497. The lowest BCUT2D eigenvalue weighted by molar-refractivity contribution is -0.149. The van der Waals surface area contributed by atoms with Gasteiger partial charge in [-0.05, 0) is 13.3 Å². The molecule has 1 rings (SSSR count). The van der Waals surface area contributed by atoms with E-state index in [2.05, 4.69) is 5.32 Å². The van der Waals surface area contributed by atoms with Gasteiger partial charge < -0.3 is 10.1 Å². The van der Waals surface area contributed by atoms with E-state index >= 15 is 0 Å². The fourth-order valence-corrected chi connectivity index (χ4v) is 1.33. The Balaban J connectivity index is 2.35. The van der Waals surface area contributed by atoms with Crippen molar-refractivity contribution in [2.45, 2.75) is 19.5 Å². The SMILES string of the molecule is CCOC(=O)C1CNCC(F)C1. The molecule has 0 saturated carbocycles. The molecule has 0 aromatic rings. The van der Waals surface area contributed by atoms with Crippen LogP contribution in [0, 0.1) is 5.92 Å². The highest BCUT2D eigenvalue weighted by atomic mass is 19.1. The number of hydrogen-bond acceptors (Lipinski definition) is 3. The summed E-state index contributed by atoms with van der Waals surface area (Å²) in [5.41, 5.74) is 0. The van der Waals surface area contributed by atoms with Gasteiger partial charge in [-0.15, -0.1) is 0 Å². The molecule has 1 heterocycles. The Hall–Kier alpha value is -0.640. The standard InChI is InChI=1S/C8H14FNO2/c1-2-12-8(11)6-3-7(9)5-10-4-6/h6-7,10H,2-5H2,1H3. The van der Waals surface area contributed by atoms with Crippen LogP contribution in [-0.4, -0.2) is 31.8 Å². The van der Waals surface area contributed by atoms with Gasteiger partial charge >= 0.3 is 5.97 Å². The van der Waals surface area contributed by atoms with Crippen molar-refractivity contribution in [3.63, 3.8) is 0 Å². The minimum atomic E-state index is -0.909. The first kappa shape index (κ1) is 9.45. The maximum atomic E-state index is 12.8. The summed E-state index contributed by atoms with van der Waals surface area (Å²) in [5, 5.41) is 2.85. The summed E-state index contributed by atoms with van der Waals surface area (Å²) < 4.78 is 17.5. The highest BCUT2D eigenvalue weighted by Gasteiger charge is 2.27. The second-order valence-electron chi connectivity index (χ2n) is 2.94. The molecule has 70 valence electrons.